The number of rotatable bonds is 6. The van der Waals surface area contributed by atoms with Crippen molar-refractivity contribution >= 4 is 17.6 Å². The molecule has 0 saturated carbocycles. The summed E-state index contributed by atoms with van der Waals surface area (Å²) in [6.45, 7) is 0. The van der Waals surface area contributed by atoms with Crippen LogP contribution in [0.2, 0.25) is 0 Å². The van der Waals surface area contributed by atoms with Gasteiger partial charge in [-0.25, -0.2) is 5.10 Å². The summed E-state index contributed by atoms with van der Waals surface area (Å²) in [7, 11) is 0. The van der Waals surface area contributed by atoms with E-state index in [1.54, 1.807) is 24.3 Å². The first-order chi connectivity index (χ1) is 15.9. The number of aromatic amines is 1. The lowest BCUT2D eigenvalue weighted by Gasteiger charge is -2.14. The summed E-state index contributed by atoms with van der Waals surface area (Å²) in [6.07, 6.45) is -0.285. The Hall–Kier alpha value is -4.72. The van der Waals surface area contributed by atoms with Crippen molar-refractivity contribution in [1.82, 2.24) is 10.2 Å². The first-order valence-electron chi connectivity index (χ1n) is 10.0. The Bertz CT molecular complexity index is 1380. The number of aromatic hydroxyl groups is 1. The van der Waals surface area contributed by atoms with Crippen LogP contribution in [0.15, 0.2) is 83.7 Å². The summed E-state index contributed by atoms with van der Waals surface area (Å²) >= 11 is 0. The number of carbonyl (C=O) groups excluding carboxylic acids is 1. The molecule has 0 radical (unpaired) electrons. The van der Waals surface area contributed by atoms with Gasteiger partial charge in [-0.2, -0.15) is 5.10 Å². The smallest absolute Gasteiger partial charge is 0.307 e. The lowest BCUT2D eigenvalue weighted by Crippen LogP contribution is -2.26. The summed E-state index contributed by atoms with van der Waals surface area (Å²) in [5.41, 5.74) is 1.56. The molecule has 0 saturated heterocycles. The van der Waals surface area contributed by atoms with Gasteiger partial charge in [0.05, 0.1) is 17.8 Å². The van der Waals surface area contributed by atoms with Crippen LogP contribution in [-0.4, -0.2) is 32.3 Å². The van der Waals surface area contributed by atoms with Crippen molar-refractivity contribution < 1.29 is 19.8 Å². The molecule has 0 aliphatic rings. The first kappa shape index (κ1) is 21.5. The molecule has 8 heteroatoms. The van der Waals surface area contributed by atoms with Crippen molar-refractivity contribution in [1.29, 1.82) is 0 Å². The van der Waals surface area contributed by atoms with Crippen LogP contribution in [0.25, 0.3) is 22.4 Å². The molecule has 8 nitrogen and oxygen atoms in total. The van der Waals surface area contributed by atoms with Crippen LogP contribution in [0.5, 0.6) is 5.75 Å². The quantitative estimate of drug-likeness (QED) is 0.337. The molecule has 0 spiro atoms. The maximum Gasteiger partial charge on any atom is 0.307 e. The number of phenolic OH excluding ortho intramolecular Hbond substituents is 1. The SMILES string of the molecule is O=C(O)Cc1ccc(O)c(NC(=O)c2c(-c3ccccc3)c(-c3ccccc3)n[nH]c2=O)c1. The number of amides is 1. The minimum Gasteiger partial charge on any atom is -0.506 e. The summed E-state index contributed by atoms with van der Waals surface area (Å²) in [5.74, 6) is -2.08. The van der Waals surface area contributed by atoms with Gasteiger partial charge in [0.25, 0.3) is 11.5 Å². The monoisotopic (exact) mass is 441 g/mol. The molecule has 0 atom stereocenters. The van der Waals surface area contributed by atoms with Gasteiger partial charge < -0.3 is 15.5 Å². The number of aromatic nitrogens is 2. The van der Waals surface area contributed by atoms with Crippen LogP contribution < -0.4 is 10.9 Å². The van der Waals surface area contributed by atoms with Crippen LogP contribution >= 0.6 is 0 Å². The number of phenols is 1. The summed E-state index contributed by atoms with van der Waals surface area (Å²) < 4.78 is 0. The molecule has 4 rings (SSSR count). The second kappa shape index (κ2) is 9.19. The third-order valence-electron chi connectivity index (χ3n) is 4.98. The van der Waals surface area contributed by atoms with E-state index in [1.165, 1.54) is 18.2 Å². The van der Waals surface area contributed by atoms with E-state index in [1.807, 2.05) is 36.4 Å². The minimum atomic E-state index is -1.05. The molecule has 0 bridgehead atoms. The zero-order valence-electron chi connectivity index (χ0n) is 17.3. The van der Waals surface area contributed by atoms with Crippen LogP contribution in [0, 0.1) is 0 Å². The second-order valence-electron chi connectivity index (χ2n) is 7.26. The molecule has 4 aromatic rings. The van der Waals surface area contributed by atoms with E-state index >= 15 is 0 Å². The number of aliphatic carboxylic acids is 1. The van der Waals surface area contributed by atoms with Crippen molar-refractivity contribution in [3.05, 3.63) is 100 Å². The largest absolute Gasteiger partial charge is 0.506 e. The standard InChI is InChI=1S/C25H19N3O5/c29-19-12-11-15(14-20(30)31)13-18(19)26-24(32)22-21(16-7-3-1-4-8-16)23(27-28-25(22)33)17-9-5-2-6-10-17/h1-13,29H,14H2,(H,26,32)(H,28,33)(H,30,31). The minimum absolute atomic E-state index is 0.00441. The van der Waals surface area contributed by atoms with Gasteiger partial charge in [0.15, 0.2) is 0 Å². The maximum atomic E-state index is 13.3. The number of carboxylic acids is 1. The average molecular weight is 441 g/mol. The van der Waals surface area contributed by atoms with Gasteiger partial charge in [-0.05, 0) is 23.3 Å². The topological polar surface area (TPSA) is 132 Å². The molecule has 0 aliphatic heterocycles. The zero-order valence-corrected chi connectivity index (χ0v) is 17.3. The fourth-order valence-electron chi connectivity index (χ4n) is 3.51. The number of H-pyrrole nitrogens is 1. The van der Waals surface area contributed by atoms with Crippen LogP contribution in [0.3, 0.4) is 0 Å². The third-order valence-corrected chi connectivity index (χ3v) is 4.98. The Morgan fingerprint density at radius 2 is 1.55 bits per heavy atom. The highest BCUT2D eigenvalue weighted by Crippen LogP contribution is 2.32. The van der Waals surface area contributed by atoms with E-state index < -0.39 is 17.4 Å². The molecule has 33 heavy (non-hydrogen) atoms. The Labute approximate surface area is 188 Å². The molecule has 1 aromatic heterocycles. The van der Waals surface area contributed by atoms with Crippen LogP contribution in [0.1, 0.15) is 15.9 Å². The van der Waals surface area contributed by atoms with Gasteiger partial charge in [0, 0.05) is 11.1 Å². The van der Waals surface area contributed by atoms with E-state index in [2.05, 4.69) is 15.5 Å². The summed E-state index contributed by atoms with van der Waals surface area (Å²) in [5, 5.41) is 28.4. The van der Waals surface area contributed by atoms with Gasteiger partial charge in [0.1, 0.15) is 11.3 Å². The number of nitrogens with one attached hydrogen (secondary N) is 2. The van der Waals surface area contributed by atoms with E-state index in [0.29, 0.717) is 27.9 Å². The number of benzene rings is 3. The highest BCUT2D eigenvalue weighted by atomic mass is 16.4. The molecular formula is C25H19N3O5. The predicted octanol–water partition coefficient (Wildman–Crippen LogP) is 3.69. The molecule has 0 aliphatic carbocycles. The van der Waals surface area contributed by atoms with Crippen LogP contribution in [-0.2, 0) is 11.2 Å². The van der Waals surface area contributed by atoms with E-state index in [9.17, 15) is 19.5 Å². The molecule has 4 N–H and O–H groups in total. The second-order valence-corrected chi connectivity index (χ2v) is 7.26. The molecular weight excluding hydrogens is 422 g/mol. The highest BCUT2D eigenvalue weighted by Gasteiger charge is 2.23. The molecule has 1 amide bonds. The number of carboxylic acid groups (broad SMARTS) is 1. The van der Waals surface area contributed by atoms with Gasteiger partial charge in [0.2, 0.25) is 0 Å². The first-order valence-corrected chi connectivity index (χ1v) is 10.0. The Morgan fingerprint density at radius 1 is 0.909 bits per heavy atom. The van der Waals surface area contributed by atoms with Crippen molar-refractivity contribution in [3.63, 3.8) is 0 Å². The number of nitrogens with zero attached hydrogens (tertiary/aromatic N) is 1. The van der Waals surface area contributed by atoms with Gasteiger partial charge in [-0.1, -0.05) is 66.7 Å². The van der Waals surface area contributed by atoms with E-state index in [4.69, 9.17) is 5.11 Å². The highest BCUT2D eigenvalue weighted by molar-refractivity contribution is 6.10. The van der Waals surface area contributed by atoms with Crippen LogP contribution in [0.4, 0.5) is 5.69 Å². The van der Waals surface area contributed by atoms with Crippen molar-refractivity contribution in [2.24, 2.45) is 0 Å². The lowest BCUT2D eigenvalue weighted by atomic mass is 9.95. The maximum absolute atomic E-state index is 13.3. The molecule has 164 valence electrons. The van der Waals surface area contributed by atoms with E-state index in [-0.39, 0.29) is 23.4 Å². The van der Waals surface area contributed by atoms with Crippen molar-refractivity contribution in [2.45, 2.75) is 6.42 Å². The average Bonchev–Trinajstić information content (AvgIpc) is 2.81. The zero-order chi connectivity index (χ0) is 23.4. The number of carbonyl (C=O) groups is 2. The fourth-order valence-corrected chi connectivity index (χ4v) is 3.51. The van der Waals surface area contributed by atoms with Crippen molar-refractivity contribution in [2.75, 3.05) is 5.32 Å². The number of hydrogen-bond donors (Lipinski definition) is 4. The van der Waals surface area contributed by atoms with Gasteiger partial charge in [-0.15, -0.1) is 0 Å². The normalized spacial score (nSPS) is 10.5. The Balaban J connectivity index is 1.85. The molecule has 0 unspecified atom stereocenters. The Morgan fingerprint density at radius 3 is 2.18 bits per heavy atom. The summed E-state index contributed by atoms with van der Waals surface area (Å²) in [6, 6.07) is 22.1. The molecule has 0 fully saturated rings. The lowest BCUT2D eigenvalue weighted by molar-refractivity contribution is -0.136. The molecule has 1 heterocycles. The van der Waals surface area contributed by atoms with Gasteiger partial charge in [-0.3, -0.25) is 14.4 Å². The number of hydrogen-bond acceptors (Lipinski definition) is 5. The third kappa shape index (κ3) is 4.64. The molecule has 3 aromatic carbocycles. The predicted molar refractivity (Wildman–Crippen MR) is 123 cm³/mol. The Kier molecular flexibility index (Phi) is 5.99. The fraction of sp³-hybridized carbons (Fsp3) is 0.0400. The summed E-state index contributed by atoms with van der Waals surface area (Å²) in [4.78, 5) is 37.1. The van der Waals surface area contributed by atoms with Crippen molar-refractivity contribution in [3.8, 4) is 28.1 Å². The van der Waals surface area contributed by atoms with Gasteiger partial charge >= 0.3 is 5.97 Å². The number of anilines is 1. The van der Waals surface area contributed by atoms with E-state index in [0.717, 1.165) is 0 Å².